The average Bonchev–Trinajstić information content (AvgIpc) is 2.85. The zero-order chi connectivity index (χ0) is 12.8. The van der Waals surface area contributed by atoms with Crippen molar-refractivity contribution >= 4 is 17.3 Å². The van der Waals surface area contributed by atoms with Gasteiger partial charge in [-0.15, -0.1) is 11.3 Å². The van der Waals surface area contributed by atoms with Crippen LogP contribution in [0.1, 0.15) is 40.9 Å². The van der Waals surface area contributed by atoms with E-state index in [0.717, 1.165) is 31.0 Å². The van der Waals surface area contributed by atoms with Gasteiger partial charge in [-0.2, -0.15) is 0 Å². The molecule has 5 heteroatoms. The van der Waals surface area contributed by atoms with Crippen LogP contribution >= 0.6 is 11.3 Å². The standard InChI is InChI=1S/C13H19NO3S/c15-13(16)10-7-12(18-9-10)8-14-5-4-11-3-1-2-6-17-11/h7,9,11,14H,1-6,8H2,(H,15,16). The Kier molecular flexibility index (Phi) is 5.16. The van der Waals surface area contributed by atoms with Crippen LogP contribution in [0.4, 0.5) is 0 Å². The molecule has 1 aromatic rings. The van der Waals surface area contributed by atoms with E-state index in [2.05, 4.69) is 5.32 Å². The van der Waals surface area contributed by atoms with Crippen LogP contribution in [0.15, 0.2) is 11.4 Å². The van der Waals surface area contributed by atoms with Gasteiger partial charge in [0.1, 0.15) is 0 Å². The molecule has 1 atom stereocenters. The van der Waals surface area contributed by atoms with E-state index in [1.54, 1.807) is 11.4 Å². The van der Waals surface area contributed by atoms with E-state index in [1.165, 1.54) is 30.6 Å². The van der Waals surface area contributed by atoms with E-state index in [0.29, 0.717) is 11.7 Å². The van der Waals surface area contributed by atoms with Crippen LogP contribution in [0.25, 0.3) is 0 Å². The minimum atomic E-state index is -0.854. The number of carbonyl (C=O) groups is 1. The second-order valence-electron chi connectivity index (χ2n) is 4.56. The number of rotatable bonds is 6. The summed E-state index contributed by atoms with van der Waals surface area (Å²) < 4.78 is 5.65. The highest BCUT2D eigenvalue weighted by Gasteiger charge is 2.13. The first-order chi connectivity index (χ1) is 8.75. The molecule has 4 nitrogen and oxygen atoms in total. The average molecular weight is 269 g/mol. The number of carboxylic acid groups (broad SMARTS) is 1. The van der Waals surface area contributed by atoms with Crippen molar-refractivity contribution in [2.24, 2.45) is 0 Å². The van der Waals surface area contributed by atoms with Gasteiger partial charge < -0.3 is 15.2 Å². The lowest BCUT2D eigenvalue weighted by molar-refractivity contribution is 0.0115. The largest absolute Gasteiger partial charge is 0.478 e. The maximum absolute atomic E-state index is 10.7. The lowest BCUT2D eigenvalue weighted by Crippen LogP contribution is -2.24. The van der Waals surface area contributed by atoms with E-state index < -0.39 is 5.97 Å². The highest BCUT2D eigenvalue weighted by molar-refractivity contribution is 7.10. The van der Waals surface area contributed by atoms with E-state index in [4.69, 9.17) is 9.84 Å². The van der Waals surface area contributed by atoms with E-state index in [1.807, 2.05) is 0 Å². The molecular weight excluding hydrogens is 250 g/mol. The van der Waals surface area contributed by atoms with Gasteiger partial charge in [0.15, 0.2) is 0 Å². The SMILES string of the molecule is O=C(O)c1csc(CNCCC2CCCCO2)c1. The summed E-state index contributed by atoms with van der Waals surface area (Å²) in [6.45, 7) is 2.56. The van der Waals surface area contributed by atoms with Crippen molar-refractivity contribution in [3.63, 3.8) is 0 Å². The molecule has 0 radical (unpaired) electrons. The second kappa shape index (κ2) is 6.87. The summed E-state index contributed by atoms with van der Waals surface area (Å²) in [5, 5.41) is 13.8. The van der Waals surface area contributed by atoms with Gasteiger partial charge in [-0.05, 0) is 38.3 Å². The number of ether oxygens (including phenoxy) is 1. The Labute approximate surface area is 111 Å². The lowest BCUT2D eigenvalue weighted by Gasteiger charge is -2.22. The first-order valence-corrected chi connectivity index (χ1v) is 7.26. The molecule has 18 heavy (non-hydrogen) atoms. The van der Waals surface area contributed by atoms with E-state index >= 15 is 0 Å². The van der Waals surface area contributed by atoms with Crippen molar-refractivity contribution in [2.45, 2.75) is 38.3 Å². The molecule has 1 aliphatic rings. The molecule has 0 spiro atoms. The molecule has 100 valence electrons. The molecule has 1 saturated heterocycles. The first kappa shape index (κ1) is 13.5. The van der Waals surface area contributed by atoms with E-state index in [9.17, 15) is 4.79 Å². The molecule has 1 aliphatic heterocycles. The van der Waals surface area contributed by atoms with Gasteiger partial charge in [-0.1, -0.05) is 0 Å². The molecular formula is C13H19NO3S. The number of hydrogen-bond donors (Lipinski definition) is 2. The van der Waals surface area contributed by atoms with Crippen molar-refractivity contribution in [1.82, 2.24) is 5.32 Å². The molecule has 0 aliphatic carbocycles. The zero-order valence-corrected chi connectivity index (χ0v) is 11.2. The van der Waals surface area contributed by atoms with Crippen LogP contribution in [0.5, 0.6) is 0 Å². The topological polar surface area (TPSA) is 58.6 Å². The zero-order valence-electron chi connectivity index (χ0n) is 10.4. The number of aromatic carboxylic acids is 1. The van der Waals surface area contributed by atoms with Crippen molar-refractivity contribution in [3.8, 4) is 0 Å². The summed E-state index contributed by atoms with van der Waals surface area (Å²) in [6, 6.07) is 1.73. The van der Waals surface area contributed by atoms with Crippen LogP contribution in [0, 0.1) is 0 Å². The molecule has 0 aromatic carbocycles. The molecule has 2 rings (SSSR count). The quantitative estimate of drug-likeness (QED) is 0.779. The molecule has 2 heterocycles. The smallest absolute Gasteiger partial charge is 0.336 e. The molecule has 0 saturated carbocycles. The highest BCUT2D eigenvalue weighted by atomic mass is 32.1. The van der Waals surface area contributed by atoms with Crippen molar-refractivity contribution < 1.29 is 14.6 Å². The minimum absolute atomic E-state index is 0.382. The lowest BCUT2D eigenvalue weighted by atomic mass is 10.1. The van der Waals surface area contributed by atoms with Crippen LogP contribution in [-0.2, 0) is 11.3 Å². The minimum Gasteiger partial charge on any atom is -0.478 e. The Morgan fingerprint density at radius 1 is 1.56 bits per heavy atom. The highest BCUT2D eigenvalue weighted by Crippen LogP contribution is 2.16. The van der Waals surface area contributed by atoms with Gasteiger partial charge in [-0.25, -0.2) is 4.79 Å². The summed E-state index contributed by atoms with van der Waals surface area (Å²) in [7, 11) is 0. The molecule has 1 unspecified atom stereocenters. The second-order valence-corrected chi connectivity index (χ2v) is 5.56. The Morgan fingerprint density at radius 3 is 3.11 bits per heavy atom. The van der Waals surface area contributed by atoms with Crippen LogP contribution < -0.4 is 5.32 Å². The van der Waals surface area contributed by atoms with Crippen molar-refractivity contribution in [3.05, 3.63) is 21.9 Å². The Morgan fingerprint density at radius 2 is 2.44 bits per heavy atom. The van der Waals surface area contributed by atoms with Gasteiger partial charge >= 0.3 is 5.97 Å². The van der Waals surface area contributed by atoms with Gasteiger partial charge in [0.25, 0.3) is 0 Å². The van der Waals surface area contributed by atoms with Gasteiger partial charge in [-0.3, -0.25) is 0 Å². The fourth-order valence-electron chi connectivity index (χ4n) is 2.10. The third kappa shape index (κ3) is 4.08. The molecule has 1 aromatic heterocycles. The normalized spacial score (nSPS) is 19.9. The molecule has 0 amide bonds. The summed E-state index contributed by atoms with van der Waals surface area (Å²) in [4.78, 5) is 11.8. The first-order valence-electron chi connectivity index (χ1n) is 6.39. The summed E-state index contributed by atoms with van der Waals surface area (Å²) in [5.74, 6) is -0.854. The van der Waals surface area contributed by atoms with Gasteiger partial charge in [0, 0.05) is 23.4 Å². The predicted molar refractivity (Wildman–Crippen MR) is 71.2 cm³/mol. The number of hydrogen-bond acceptors (Lipinski definition) is 4. The monoisotopic (exact) mass is 269 g/mol. The number of nitrogens with one attached hydrogen (secondary N) is 1. The third-order valence-corrected chi connectivity index (χ3v) is 4.05. The molecule has 0 bridgehead atoms. The van der Waals surface area contributed by atoms with Crippen molar-refractivity contribution in [2.75, 3.05) is 13.2 Å². The Hall–Kier alpha value is -0.910. The fraction of sp³-hybridized carbons (Fsp3) is 0.615. The van der Waals surface area contributed by atoms with Crippen LogP contribution in [0.3, 0.4) is 0 Å². The number of thiophene rings is 1. The Bertz CT molecular complexity index is 385. The molecule has 2 N–H and O–H groups in total. The van der Waals surface area contributed by atoms with Gasteiger partial charge in [0.2, 0.25) is 0 Å². The Balaban J connectivity index is 1.63. The van der Waals surface area contributed by atoms with Crippen LogP contribution in [-0.4, -0.2) is 30.3 Å². The van der Waals surface area contributed by atoms with Gasteiger partial charge in [0.05, 0.1) is 11.7 Å². The van der Waals surface area contributed by atoms with Crippen LogP contribution in [0.2, 0.25) is 0 Å². The summed E-state index contributed by atoms with van der Waals surface area (Å²) in [6.07, 6.45) is 5.08. The fourth-order valence-corrected chi connectivity index (χ4v) is 2.92. The summed E-state index contributed by atoms with van der Waals surface area (Å²) >= 11 is 1.49. The van der Waals surface area contributed by atoms with Crippen molar-refractivity contribution in [1.29, 1.82) is 0 Å². The number of carboxylic acids is 1. The maximum Gasteiger partial charge on any atom is 0.336 e. The predicted octanol–water partition coefficient (Wildman–Crippen LogP) is 2.50. The maximum atomic E-state index is 10.7. The van der Waals surface area contributed by atoms with E-state index in [-0.39, 0.29) is 0 Å². The summed E-state index contributed by atoms with van der Waals surface area (Å²) in [5.41, 5.74) is 0.382. The molecule has 1 fully saturated rings. The third-order valence-electron chi connectivity index (χ3n) is 3.12.